The maximum atomic E-state index is 6.24. The highest BCUT2D eigenvalue weighted by molar-refractivity contribution is 6.33. The van der Waals surface area contributed by atoms with Gasteiger partial charge in [-0.15, -0.1) is 0 Å². The fraction of sp³-hybridized carbons (Fsp3) is 0.250. The molecule has 2 aromatic carbocycles. The second-order valence-electron chi connectivity index (χ2n) is 4.90. The van der Waals surface area contributed by atoms with Gasteiger partial charge in [-0.3, -0.25) is 0 Å². The van der Waals surface area contributed by atoms with Gasteiger partial charge in [0.05, 0.1) is 0 Å². The average molecular weight is 294 g/mol. The van der Waals surface area contributed by atoms with Crippen molar-refractivity contribution in [1.29, 1.82) is 0 Å². The fourth-order valence-electron chi connectivity index (χ4n) is 2.09. The number of benzene rings is 2. The summed E-state index contributed by atoms with van der Waals surface area (Å²) < 4.78 is 0. The lowest BCUT2D eigenvalue weighted by molar-refractivity contribution is 0.721. The molecule has 1 nitrogen and oxygen atoms in total. The zero-order chi connectivity index (χ0) is 14.0. The number of aryl methyl sites for hydroxylation is 2. The molecule has 0 fully saturated rings. The summed E-state index contributed by atoms with van der Waals surface area (Å²) in [5, 5.41) is 1.33. The molecule has 0 radical (unpaired) electrons. The van der Waals surface area contributed by atoms with Crippen molar-refractivity contribution in [2.45, 2.75) is 26.3 Å². The Morgan fingerprint density at radius 3 is 2.42 bits per heavy atom. The van der Waals surface area contributed by atoms with Gasteiger partial charge in [0.15, 0.2) is 0 Å². The van der Waals surface area contributed by atoms with Gasteiger partial charge in [0.25, 0.3) is 0 Å². The first-order valence-corrected chi connectivity index (χ1v) is 6.99. The van der Waals surface area contributed by atoms with E-state index in [1.165, 1.54) is 16.7 Å². The highest BCUT2D eigenvalue weighted by Crippen LogP contribution is 2.27. The van der Waals surface area contributed by atoms with Crippen molar-refractivity contribution in [2.24, 2.45) is 5.73 Å². The van der Waals surface area contributed by atoms with Crippen LogP contribution in [-0.2, 0) is 6.42 Å². The molecule has 0 heterocycles. The van der Waals surface area contributed by atoms with Crippen molar-refractivity contribution in [2.75, 3.05) is 0 Å². The molecule has 2 rings (SSSR count). The van der Waals surface area contributed by atoms with Crippen LogP contribution in [0.3, 0.4) is 0 Å². The zero-order valence-electron chi connectivity index (χ0n) is 11.1. The Kier molecular flexibility index (Phi) is 4.51. The van der Waals surface area contributed by atoms with Gasteiger partial charge in [0.1, 0.15) is 0 Å². The van der Waals surface area contributed by atoms with E-state index in [0.29, 0.717) is 10.0 Å². The topological polar surface area (TPSA) is 26.0 Å². The van der Waals surface area contributed by atoms with E-state index in [1.54, 1.807) is 12.1 Å². The average Bonchev–Trinajstić information content (AvgIpc) is 2.36. The van der Waals surface area contributed by atoms with Crippen LogP contribution >= 0.6 is 23.2 Å². The summed E-state index contributed by atoms with van der Waals surface area (Å²) in [6.07, 6.45) is 0.751. The molecule has 0 spiro atoms. The molecular formula is C16H17Cl2N. The van der Waals surface area contributed by atoms with E-state index in [2.05, 4.69) is 32.0 Å². The van der Waals surface area contributed by atoms with Gasteiger partial charge in [-0.1, -0.05) is 41.4 Å². The van der Waals surface area contributed by atoms with Gasteiger partial charge in [-0.05, 0) is 60.7 Å². The van der Waals surface area contributed by atoms with Crippen molar-refractivity contribution in [3.05, 3.63) is 68.7 Å². The highest BCUT2D eigenvalue weighted by Gasteiger charge is 2.12. The van der Waals surface area contributed by atoms with Gasteiger partial charge in [0.2, 0.25) is 0 Å². The van der Waals surface area contributed by atoms with Crippen molar-refractivity contribution in [3.63, 3.8) is 0 Å². The largest absolute Gasteiger partial charge is 0.324 e. The Labute approximate surface area is 124 Å². The predicted molar refractivity (Wildman–Crippen MR) is 83.0 cm³/mol. The first-order valence-electron chi connectivity index (χ1n) is 6.24. The molecule has 0 saturated carbocycles. The minimum atomic E-state index is -0.145. The van der Waals surface area contributed by atoms with E-state index in [4.69, 9.17) is 28.9 Å². The van der Waals surface area contributed by atoms with Crippen LogP contribution in [-0.4, -0.2) is 0 Å². The quantitative estimate of drug-likeness (QED) is 0.860. The number of nitrogens with two attached hydrogens (primary N) is 1. The van der Waals surface area contributed by atoms with Crippen molar-refractivity contribution < 1.29 is 0 Å². The molecular weight excluding hydrogens is 277 g/mol. The minimum Gasteiger partial charge on any atom is -0.324 e. The highest BCUT2D eigenvalue weighted by atomic mass is 35.5. The molecule has 2 N–H and O–H groups in total. The number of hydrogen-bond donors (Lipinski definition) is 1. The number of rotatable bonds is 3. The van der Waals surface area contributed by atoms with E-state index in [0.717, 1.165) is 12.0 Å². The van der Waals surface area contributed by atoms with E-state index in [1.807, 2.05) is 6.07 Å². The molecule has 0 aliphatic carbocycles. The van der Waals surface area contributed by atoms with Crippen LogP contribution in [0.5, 0.6) is 0 Å². The molecule has 0 amide bonds. The summed E-state index contributed by atoms with van der Waals surface area (Å²) in [7, 11) is 0. The van der Waals surface area contributed by atoms with Crippen LogP contribution in [0.25, 0.3) is 0 Å². The molecule has 0 aliphatic rings. The van der Waals surface area contributed by atoms with Gasteiger partial charge in [-0.25, -0.2) is 0 Å². The molecule has 0 aliphatic heterocycles. The molecule has 2 aromatic rings. The van der Waals surface area contributed by atoms with E-state index in [-0.39, 0.29) is 6.04 Å². The monoisotopic (exact) mass is 293 g/mol. The maximum absolute atomic E-state index is 6.24. The van der Waals surface area contributed by atoms with Gasteiger partial charge in [-0.2, -0.15) is 0 Å². The summed E-state index contributed by atoms with van der Waals surface area (Å²) in [5.41, 5.74) is 10.9. The zero-order valence-corrected chi connectivity index (χ0v) is 12.6. The van der Waals surface area contributed by atoms with Crippen molar-refractivity contribution in [1.82, 2.24) is 0 Å². The van der Waals surface area contributed by atoms with Crippen LogP contribution < -0.4 is 5.73 Å². The Morgan fingerprint density at radius 1 is 1.00 bits per heavy atom. The van der Waals surface area contributed by atoms with Gasteiger partial charge < -0.3 is 5.73 Å². The first-order chi connectivity index (χ1) is 8.97. The Balaban J connectivity index is 2.22. The third-order valence-electron chi connectivity index (χ3n) is 3.38. The molecule has 0 bridgehead atoms. The first kappa shape index (κ1) is 14.4. The summed E-state index contributed by atoms with van der Waals surface area (Å²) >= 11 is 12.2. The Hall–Kier alpha value is -1.02. The minimum absolute atomic E-state index is 0.145. The van der Waals surface area contributed by atoms with E-state index < -0.39 is 0 Å². The van der Waals surface area contributed by atoms with E-state index in [9.17, 15) is 0 Å². The van der Waals surface area contributed by atoms with Crippen LogP contribution in [0.4, 0.5) is 0 Å². The molecule has 1 atom stereocenters. The van der Waals surface area contributed by atoms with Crippen molar-refractivity contribution >= 4 is 23.2 Å². The lowest BCUT2D eigenvalue weighted by atomic mass is 9.97. The van der Waals surface area contributed by atoms with Crippen LogP contribution in [0.1, 0.15) is 28.3 Å². The van der Waals surface area contributed by atoms with Crippen LogP contribution in [0.2, 0.25) is 10.0 Å². The van der Waals surface area contributed by atoms with Gasteiger partial charge >= 0.3 is 0 Å². The number of halogens is 2. The molecule has 0 aromatic heterocycles. The second-order valence-corrected chi connectivity index (χ2v) is 5.74. The standard InChI is InChI=1S/C16H17Cl2N/c1-10-3-4-12(7-11(10)2)8-16(19)14-9-13(17)5-6-15(14)18/h3-7,9,16H,8,19H2,1-2H3. The Bertz CT molecular complexity index is 593. The summed E-state index contributed by atoms with van der Waals surface area (Å²) in [6, 6.07) is 11.7. The lowest BCUT2D eigenvalue weighted by Crippen LogP contribution is -2.14. The normalized spacial score (nSPS) is 12.5. The van der Waals surface area contributed by atoms with Gasteiger partial charge in [0, 0.05) is 16.1 Å². The summed E-state index contributed by atoms with van der Waals surface area (Å²) in [5.74, 6) is 0. The SMILES string of the molecule is Cc1ccc(CC(N)c2cc(Cl)ccc2Cl)cc1C. The smallest absolute Gasteiger partial charge is 0.0454 e. The molecule has 3 heteroatoms. The molecule has 100 valence electrons. The van der Waals surface area contributed by atoms with Crippen LogP contribution in [0.15, 0.2) is 36.4 Å². The fourth-order valence-corrected chi connectivity index (χ4v) is 2.53. The Morgan fingerprint density at radius 2 is 1.74 bits per heavy atom. The third kappa shape index (κ3) is 3.50. The second kappa shape index (κ2) is 5.96. The summed E-state index contributed by atoms with van der Waals surface area (Å²) in [6.45, 7) is 4.21. The third-order valence-corrected chi connectivity index (χ3v) is 3.96. The molecule has 1 unspecified atom stereocenters. The molecule has 0 saturated heterocycles. The predicted octanol–water partition coefficient (Wildman–Crippen LogP) is 4.85. The van der Waals surface area contributed by atoms with Crippen molar-refractivity contribution in [3.8, 4) is 0 Å². The molecule has 19 heavy (non-hydrogen) atoms. The lowest BCUT2D eigenvalue weighted by Gasteiger charge is -2.15. The van der Waals surface area contributed by atoms with E-state index >= 15 is 0 Å². The number of hydrogen-bond acceptors (Lipinski definition) is 1. The summed E-state index contributed by atoms with van der Waals surface area (Å²) in [4.78, 5) is 0. The van der Waals surface area contributed by atoms with Crippen LogP contribution in [0, 0.1) is 13.8 Å². The maximum Gasteiger partial charge on any atom is 0.0454 e.